The van der Waals surface area contributed by atoms with Gasteiger partial charge in [0.1, 0.15) is 17.3 Å². The lowest BCUT2D eigenvalue weighted by Gasteiger charge is -2.12. The van der Waals surface area contributed by atoms with Crippen molar-refractivity contribution >= 4 is 26.8 Å². The topological polar surface area (TPSA) is 90.3 Å². The lowest BCUT2D eigenvalue weighted by molar-refractivity contribution is 0.0977. The van der Waals surface area contributed by atoms with E-state index in [1.165, 1.54) is 6.07 Å². The van der Waals surface area contributed by atoms with Gasteiger partial charge in [-0.15, -0.1) is 0 Å². The molecule has 0 atom stereocenters. The fraction of sp³-hybridized carbons (Fsp3) is 0.263. The van der Waals surface area contributed by atoms with Crippen LogP contribution in [-0.4, -0.2) is 30.4 Å². The van der Waals surface area contributed by atoms with Crippen molar-refractivity contribution in [2.75, 3.05) is 6.26 Å². The number of ether oxygens (including phenoxy) is 1. The third kappa shape index (κ3) is 4.14. The average molecular weight is 405 g/mol. The van der Waals surface area contributed by atoms with E-state index in [-0.39, 0.29) is 17.4 Å². The minimum atomic E-state index is -3.79. The molecule has 1 N–H and O–H groups in total. The molecule has 148 valence electrons. The largest absolute Gasteiger partial charge is 0.457 e. The van der Waals surface area contributed by atoms with Crippen LogP contribution >= 0.6 is 0 Å². The molecule has 0 radical (unpaired) electrons. The summed E-state index contributed by atoms with van der Waals surface area (Å²) in [6.07, 6.45) is 2.55. The molecule has 7 nitrogen and oxygen atoms in total. The second kappa shape index (κ2) is 7.23. The van der Waals surface area contributed by atoms with Gasteiger partial charge < -0.3 is 4.74 Å². The van der Waals surface area contributed by atoms with Crippen LogP contribution in [0.1, 0.15) is 35.8 Å². The van der Waals surface area contributed by atoms with E-state index >= 15 is 0 Å². The van der Waals surface area contributed by atoms with Crippen LogP contribution in [0.25, 0.3) is 10.9 Å². The number of fused-ring (bicyclic) bond motifs is 1. The van der Waals surface area contributed by atoms with Gasteiger partial charge in [0.05, 0.1) is 23.5 Å². The summed E-state index contributed by atoms with van der Waals surface area (Å²) in [6, 6.07) is 7.95. The molecule has 0 unspecified atom stereocenters. The van der Waals surface area contributed by atoms with Gasteiger partial charge in [-0.1, -0.05) is 0 Å². The number of nitrogens with one attached hydrogen (secondary N) is 1. The minimum Gasteiger partial charge on any atom is -0.457 e. The van der Waals surface area contributed by atoms with E-state index in [1.54, 1.807) is 30.0 Å². The van der Waals surface area contributed by atoms with Crippen LogP contribution in [0.3, 0.4) is 0 Å². The molecule has 0 bridgehead atoms. The van der Waals surface area contributed by atoms with Crippen LogP contribution < -0.4 is 9.46 Å². The predicted molar refractivity (Wildman–Crippen MR) is 104 cm³/mol. The van der Waals surface area contributed by atoms with Gasteiger partial charge in [0.25, 0.3) is 5.91 Å². The van der Waals surface area contributed by atoms with Crippen LogP contribution in [0.5, 0.6) is 11.5 Å². The van der Waals surface area contributed by atoms with Gasteiger partial charge in [0.2, 0.25) is 10.0 Å². The molecule has 0 saturated heterocycles. The molecular weight excluding hydrogens is 385 g/mol. The Balaban J connectivity index is 1.89. The summed E-state index contributed by atoms with van der Waals surface area (Å²) >= 11 is 0. The first-order chi connectivity index (χ1) is 13.0. The molecule has 9 heteroatoms. The number of sulfonamides is 1. The minimum absolute atomic E-state index is 0.214. The number of carbonyl (C=O) groups excluding carboxylic acids is 1. The zero-order valence-electron chi connectivity index (χ0n) is 15.9. The number of halogens is 1. The number of amides is 1. The Hall–Kier alpha value is -2.94. The summed E-state index contributed by atoms with van der Waals surface area (Å²) in [4.78, 5) is 11.9. The third-order valence-electron chi connectivity index (χ3n) is 4.07. The first-order valence-electron chi connectivity index (χ1n) is 8.52. The smallest absolute Gasteiger partial charge is 0.267 e. The van der Waals surface area contributed by atoms with E-state index in [4.69, 9.17) is 4.74 Å². The molecule has 3 rings (SSSR count). The zero-order valence-corrected chi connectivity index (χ0v) is 16.7. The maximum Gasteiger partial charge on any atom is 0.267 e. The Bertz CT molecular complexity index is 1170. The van der Waals surface area contributed by atoms with Gasteiger partial charge in [0.15, 0.2) is 0 Å². The molecule has 1 aromatic heterocycles. The number of rotatable bonds is 5. The Labute approximate surface area is 162 Å². The molecule has 3 aromatic rings. The number of hydrogen-bond donors (Lipinski definition) is 1. The Kier molecular flexibility index (Phi) is 5.12. The maximum absolute atomic E-state index is 14.4. The molecular formula is C19H20FN3O4S. The quantitative estimate of drug-likeness (QED) is 0.701. The van der Waals surface area contributed by atoms with Crippen LogP contribution in [0, 0.1) is 12.7 Å². The molecule has 2 aromatic carbocycles. The molecule has 0 saturated carbocycles. The van der Waals surface area contributed by atoms with Crippen molar-refractivity contribution in [3.63, 3.8) is 0 Å². The summed E-state index contributed by atoms with van der Waals surface area (Å²) in [5, 5.41) is 5.23. The highest BCUT2D eigenvalue weighted by molar-refractivity contribution is 7.89. The number of hydrogen-bond acceptors (Lipinski definition) is 5. The van der Waals surface area contributed by atoms with Crippen molar-refractivity contribution in [2.45, 2.75) is 26.8 Å². The molecule has 1 amide bonds. The van der Waals surface area contributed by atoms with Crippen molar-refractivity contribution in [3.05, 3.63) is 53.5 Å². The van der Waals surface area contributed by atoms with Crippen molar-refractivity contribution < 1.29 is 22.3 Å². The summed E-state index contributed by atoms with van der Waals surface area (Å²) in [5.74, 6) is -1.19. The van der Waals surface area contributed by atoms with Crippen LogP contribution in [0.15, 0.2) is 36.5 Å². The highest BCUT2D eigenvalue weighted by Crippen LogP contribution is 2.30. The van der Waals surface area contributed by atoms with E-state index in [1.807, 2.05) is 24.6 Å². The average Bonchev–Trinajstić information content (AvgIpc) is 2.99. The highest BCUT2D eigenvalue weighted by atomic mass is 32.2. The number of carbonyl (C=O) groups is 1. The Morgan fingerprint density at radius 2 is 1.96 bits per heavy atom. The summed E-state index contributed by atoms with van der Waals surface area (Å²) < 4.78 is 46.1. The number of benzene rings is 2. The number of aromatic nitrogens is 2. The van der Waals surface area contributed by atoms with Crippen LogP contribution in [-0.2, 0) is 10.0 Å². The van der Waals surface area contributed by atoms with Crippen LogP contribution in [0.4, 0.5) is 4.39 Å². The van der Waals surface area contributed by atoms with E-state index in [2.05, 4.69) is 5.10 Å². The fourth-order valence-corrected chi connectivity index (χ4v) is 3.25. The third-order valence-corrected chi connectivity index (χ3v) is 4.63. The predicted octanol–water partition coefficient (Wildman–Crippen LogP) is 3.55. The van der Waals surface area contributed by atoms with Gasteiger partial charge in [0, 0.05) is 17.5 Å². The number of aryl methyl sites for hydroxylation is 1. The van der Waals surface area contributed by atoms with Crippen molar-refractivity contribution in [2.24, 2.45) is 0 Å². The van der Waals surface area contributed by atoms with Crippen molar-refractivity contribution in [1.29, 1.82) is 0 Å². The van der Waals surface area contributed by atoms with E-state index in [0.717, 1.165) is 23.2 Å². The highest BCUT2D eigenvalue weighted by Gasteiger charge is 2.18. The van der Waals surface area contributed by atoms with Gasteiger partial charge >= 0.3 is 0 Å². The first kappa shape index (κ1) is 19.8. The lowest BCUT2D eigenvalue weighted by Crippen LogP contribution is -2.30. The SMILES string of the molecule is Cc1cc(C(=O)NS(C)(=O)=O)c(F)cc1Oc1ccc2c(cnn2C(C)C)c1. The van der Waals surface area contributed by atoms with Gasteiger partial charge in [-0.2, -0.15) is 5.10 Å². The standard InChI is InChI=1S/C19H20FN3O4S/c1-11(2)23-17-6-5-14(8-13(17)10-21-23)27-18-9-16(20)15(7-12(18)3)19(24)22-28(4,25)26/h5-11H,1-4H3,(H,22,24). The van der Waals surface area contributed by atoms with Gasteiger partial charge in [-0.3, -0.25) is 9.48 Å². The fourth-order valence-electron chi connectivity index (χ4n) is 2.80. The van der Waals surface area contributed by atoms with Gasteiger partial charge in [-0.05, 0) is 50.6 Å². The summed E-state index contributed by atoms with van der Waals surface area (Å²) in [7, 11) is -3.79. The second-order valence-corrected chi connectivity index (χ2v) is 8.55. The molecule has 0 aliphatic heterocycles. The lowest BCUT2D eigenvalue weighted by atomic mass is 10.1. The normalized spacial score (nSPS) is 11.8. The van der Waals surface area contributed by atoms with Crippen molar-refractivity contribution in [3.8, 4) is 11.5 Å². The molecule has 0 spiro atoms. The summed E-state index contributed by atoms with van der Waals surface area (Å²) in [6.45, 7) is 5.70. The van der Waals surface area contributed by atoms with Gasteiger partial charge in [-0.25, -0.2) is 17.5 Å². The Morgan fingerprint density at radius 1 is 1.25 bits per heavy atom. The van der Waals surface area contributed by atoms with E-state index in [0.29, 0.717) is 11.3 Å². The molecule has 0 aliphatic carbocycles. The van der Waals surface area contributed by atoms with Crippen molar-refractivity contribution in [1.82, 2.24) is 14.5 Å². The molecule has 1 heterocycles. The second-order valence-electron chi connectivity index (χ2n) is 6.81. The molecule has 0 aliphatic rings. The van der Waals surface area contributed by atoms with E-state index in [9.17, 15) is 17.6 Å². The van der Waals surface area contributed by atoms with E-state index < -0.39 is 21.7 Å². The Morgan fingerprint density at radius 3 is 2.61 bits per heavy atom. The monoisotopic (exact) mass is 405 g/mol. The maximum atomic E-state index is 14.4. The zero-order chi connectivity index (χ0) is 20.6. The summed E-state index contributed by atoms with van der Waals surface area (Å²) in [5.41, 5.74) is 1.07. The van der Waals surface area contributed by atoms with Crippen LogP contribution in [0.2, 0.25) is 0 Å². The first-order valence-corrected chi connectivity index (χ1v) is 10.4. The molecule has 28 heavy (non-hydrogen) atoms. The molecule has 0 fully saturated rings. The number of nitrogens with zero attached hydrogens (tertiary/aromatic N) is 2.